The molecule has 0 aliphatic heterocycles. The zero-order valence-corrected chi connectivity index (χ0v) is 13.4. The fourth-order valence-electron chi connectivity index (χ4n) is 1.97. The van der Waals surface area contributed by atoms with Gasteiger partial charge in [0, 0.05) is 17.4 Å². The molecule has 1 atom stereocenters. The second kappa shape index (κ2) is 7.05. The van der Waals surface area contributed by atoms with Gasteiger partial charge in [-0.05, 0) is 13.0 Å². The second-order valence-electron chi connectivity index (χ2n) is 5.08. The molecule has 10 heteroatoms. The molecule has 3 rings (SSSR count). The molecule has 0 saturated heterocycles. The number of hydrogen-bond acceptors (Lipinski definition) is 7. The first-order valence-corrected chi connectivity index (χ1v) is 8.08. The molecule has 0 spiro atoms. The standard InChI is InChI=1S/C14H14F2N6OS/c1-7(5-23)17-12-11-13(21-22-20-11)19-14(18-12)24-6-8-3-2-4-9(15)10(8)16/h2-4,7,23H,5-6H2,1H3,(H2,17,18,19,20,21,22)/t7-/m0/s1. The van der Waals surface area contributed by atoms with Crippen molar-refractivity contribution in [3.63, 3.8) is 0 Å². The lowest BCUT2D eigenvalue weighted by molar-refractivity contribution is 0.281. The van der Waals surface area contributed by atoms with Crippen molar-refractivity contribution in [1.29, 1.82) is 0 Å². The molecule has 0 aliphatic carbocycles. The molecule has 24 heavy (non-hydrogen) atoms. The summed E-state index contributed by atoms with van der Waals surface area (Å²) in [4.78, 5) is 8.54. The van der Waals surface area contributed by atoms with Crippen LogP contribution in [0.15, 0.2) is 23.4 Å². The van der Waals surface area contributed by atoms with Crippen LogP contribution in [0, 0.1) is 11.6 Å². The number of aromatic nitrogens is 5. The van der Waals surface area contributed by atoms with E-state index in [1.807, 2.05) is 0 Å². The van der Waals surface area contributed by atoms with Gasteiger partial charge >= 0.3 is 0 Å². The quantitative estimate of drug-likeness (QED) is 0.461. The number of anilines is 1. The van der Waals surface area contributed by atoms with Crippen molar-refractivity contribution in [3.05, 3.63) is 35.4 Å². The average molecular weight is 352 g/mol. The van der Waals surface area contributed by atoms with E-state index in [-0.39, 0.29) is 24.0 Å². The summed E-state index contributed by atoms with van der Waals surface area (Å²) in [7, 11) is 0. The Hall–Kier alpha value is -2.33. The predicted molar refractivity (Wildman–Crippen MR) is 85.6 cm³/mol. The number of hydrogen-bond donors (Lipinski definition) is 3. The molecule has 7 nitrogen and oxygen atoms in total. The summed E-state index contributed by atoms with van der Waals surface area (Å²) < 4.78 is 27.0. The lowest BCUT2D eigenvalue weighted by Gasteiger charge is -2.12. The minimum atomic E-state index is -0.889. The molecule has 3 aromatic rings. The van der Waals surface area contributed by atoms with Crippen molar-refractivity contribution in [2.75, 3.05) is 11.9 Å². The molecule has 0 unspecified atom stereocenters. The third-order valence-electron chi connectivity index (χ3n) is 3.21. The van der Waals surface area contributed by atoms with Crippen LogP contribution in [0.5, 0.6) is 0 Å². The first-order chi connectivity index (χ1) is 11.6. The van der Waals surface area contributed by atoms with Crippen LogP contribution in [-0.2, 0) is 5.75 Å². The Morgan fingerprint density at radius 3 is 2.92 bits per heavy atom. The number of aliphatic hydroxyl groups is 1. The zero-order valence-electron chi connectivity index (χ0n) is 12.6. The topological polar surface area (TPSA) is 99.6 Å². The van der Waals surface area contributed by atoms with Gasteiger partial charge in [-0.1, -0.05) is 23.9 Å². The fraction of sp³-hybridized carbons (Fsp3) is 0.286. The number of nitrogens with one attached hydrogen (secondary N) is 2. The highest BCUT2D eigenvalue weighted by Gasteiger charge is 2.15. The van der Waals surface area contributed by atoms with E-state index < -0.39 is 11.6 Å². The first kappa shape index (κ1) is 16.5. The van der Waals surface area contributed by atoms with Gasteiger partial charge in [-0.25, -0.2) is 13.8 Å². The Bertz CT molecular complexity index is 858. The lowest BCUT2D eigenvalue weighted by atomic mass is 10.2. The summed E-state index contributed by atoms with van der Waals surface area (Å²) in [5.74, 6) is -1.18. The number of aliphatic hydroxyl groups excluding tert-OH is 1. The minimum Gasteiger partial charge on any atom is -0.394 e. The van der Waals surface area contributed by atoms with E-state index in [0.29, 0.717) is 22.1 Å². The van der Waals surface area contributed by atoms with E-state index in [4.69, 9.17) is 5.11 Å². The highest BCUT2D eigenvalue weighted by molar-refractivity contribution is 7.98. The summed E-state index contributed by atoms with van der Waals surface area (Å²) in [6.07, 6.45) is 0. The summed E-state index contributed by atoms with van der Waals surface area (Å²) in [6, 6.07) is 3.79. The third kappa shape index (κ3) is 3.44. The van der Waals surface area contributed by atoms with Crippen molar-refractivity contribution in [1.82, 2.24) is 25.4 Å². The van der Waals surface area contributed by atoms with Gasteiger partial charge in [0.1, 0.15) is 0 Å². The van der Waals surface area contributed by atoms with Gasteiger partial charge in [-0.2, -0.15) is 15.3 Å². The van der Waals surface area contributed by atoms with Crippen molar-refractivity contribution < 1.29 is 13.9 Å². The number of H-pyrrole nitrogens is 1. The SMILES string of the molecule is C[C@@H](CO)Nc1nc(SCc2cccc(F)c2F)nc2n[nH]nc12. The summed E-state index contributed by atoms with van der Waals surface area (Å²) in [5, 5.41) is 22.9. The normalized spacial score (nSPS) is 12.5. The summed E-state index contributed by atoms with van der Waals surface area (Å²) in [5.41, 5.74) is 1.01. The maximum absolute atomic E-state index is 13.7. The monoisotopic (exact) mass is 352 g/mol. The smallest absolute Gasteiger partial charge is 0.207 e. The molecular formula is C14H14F2N6OS. The van der Waals surface area contributed by atoms with Crippen LogP contribution in [0.1, 0.15) is 12.5 Å². The van der Waals surface area contributed by atoms with Gasteiger partial charge in [-0.3, -0.25) is 0 Å². The van der Waals surface area contributed by atoms with Gasteiger partial charge < -0.3 is 10.4 Å². The molecule has 126 valence electrons. The Kier molecular flexibility index (Phi) is 4.86. The van der Waals surface area contributed by atoms with Gasteiger partial charge in [0.25, 0.3) is 0 Å². The van der Waals surface area contributed by atoms with E-state index in [0.717, 1.165) is 17.8 Å². The molecule has 0 amide bonds. The molecule has 0 radical (unpaired) electrons. The van der Waals surface area contributed by atoms with Crippen LogP contribution in [0.25, 0.3) is 11.2 Å². The first-order valence-electron chi connectivity index (χ1n) is 7.10. The average Bonchev–Trinajstić information content (AvgIpc) is 3.05. The molecule has 3 N–H and O–H groups in total. The summed E-state index contributed by atoms with van der Waals surface area (Å²) >= 11 is 1.15. The van der Waals surface area contributed by atoms with Gasteiger partial charge in [0.05, 0.1) is 6.61 Å². The van der Waals surface area contributed by atoms with Crippen LogP contribution < -0.4 is 5.32 Å². The van der Waals surface area contributed by atoms with Crippen molar-refractivity contribution in [2.45, 2.75) is 23.9 Å². The third-order valence-corrected chi connectivity index (χ3v) is 4.10. The number of benzene rings is 1. The molecular weight excluding hydrogens is 338 g/mol. The molecule has 0 fully saturated rings. The Morgan fingerprint density at radius 2 is 2.12 bits per heavy atom. The lowest BCUT2D eigenvalue weighted by Crippen LogP contribution is -2.20. The van der Waals surface area contributed by atoms with E-state index in [1.54, 1.807) is 6.92 Å². The molecule has 0 saturated carbocycles. The molecule has 1 aromatic carbocycles. The van der Waals surface area contributed by atoms with Crippen LogP contribution >= 0.6 is 11.8 Å². The number of aromatic amines is 1. The molecule has 0 bridgehead atoms. The fourth-order valence-corrected chi connectivity index (χ4v) is 2.79. The second-order valence-corrected chi connectivity index (χ2v) is 6.02. The largest absolute Gasteiger partial charge is 0.394 e. The highest BCUT2D eigenvalue weighted by Crippen LogP contribution is 2.26. The van der Waals surface area contributed by atoms with E-state index >= 15 is 0 Å². The minimum absolute atomic E-state index is 0.0830. The number of rotatable bonds is 6. The van der Waals surface area contributed by atoms with E-state index in [1.165, 1.54) is 12.1 Å². The van der Waals surface area contributed by atoms with Crippen molar-refractivity contribution in [3.8, 4) is 0 Å². The summed E-state index contributed by atoms with van der Waals surface area (Å²) in [6.45, 7) is 1.70. The van der Waals surface area contributed by atoms with Gasteiger partial charge in [0.2, 0.25) is 5.65 Å². The number of halogens is 2. The maximum atomic E-state index is 13.7. The van der Waals surface area contributed by atoms with Crippen LogP contribution in [-0.4, -0.2) is 43.1 Å². The van der Waals surface area contributed by atoms with Crippen molar-refractivity contribution >= 4 is 28.7 Å². The van der Waals surface area contributed by atoms with Gasteiger partial charge in [-0.15, -0.1) is 5.10 Å². The predicted octanol–water partition coefficient (Wildman–Crippen LogP) is 2.11. The van der Waals surface area contributed by atoms with Crippen LogP contribution in [0.4, 0.5) is 14.6 Å². The number of nitrogens with zero attached hydrogens (tertiary/aromatic N) is 4. The number of fused-ring (bicyclic) bond motifs is 1. The number of thioether (sulfide) groups is 1. The Morgan fingerprint density at radius 1 is 1.29 bits per heavy atom. The molecule has 2 heterocycles. The van der Waals surface area contributed by atoms with E-state index in [9.17, 15) is 8.78 Å². The Labute approximate surface area is 139 Å². The van der Waals surface area contributed by atoms with E-state index in [2.05, 4.69) is 30.7 Å². The zero-order chi connectivity index (χ0) is 17.1. The van der Waals surface area contributed by atoms with Crippen molar-refractivity contribution in [2.24, 2.45) is 0 Å². The molecule has 0 aliphatic rings. The highest BCUT2D eigenvalue weighted by atomic mass is 32.2. The van der Waals surface area contributed by atoms with Crippen LogP contribution in [0.2, 0.25) is 0 Å². The van der Waals surface area contributed by atoms with Crippen LogP contribution in [0.3, 0.4) is 0 Å². The Balaban J connectivity index is 1.85. The van der Waals surface area contributed by atoms with Gasteiger partial charge in [0.15, 0.2) is 28.1 Å². The molecule has 2 aromatic heterocycles. The maximum Gasteiger partial charge on any atom is 0.207 e.